The van der Waals surface area contributed by atoms with Gasteiger partial charge in [-0.05, 0) is 50.6 Å². The predicted octanol–water partition coefficient (Wildman–Crippen LogP) is 3.68. The van der Waals surface area contributed by atoms with Crippen LogP contribution in [0.3, 0.4) is 0 Å². The lowest BCUT2D eigenvalue weighted by molar-refractivity contribution is 0.331. The van der Waals surface area contributed by atoms with Crippen molar-refractivity contribution in [2.24, 2.45) is 0 Å². The van der Waals surface area contributed by atoms with Crippen LogP contribution in [0.15, 0.2) is 22.7 Å². The second kappa shape index (κ2) is 6.80. The zero-order valence-corrected chi connectivity index (χ0v) is 13.0. The summed E-state index contributed by atoms with van der Waals surface area (Å²) in [5, 5.41) is 7.38. The fourth-order valence-corrected chi connectivity index (χ4v) is 2.17. The Morgan fingerprint density at radius 3 is 2.71 bits per heavy atom. The molecule has 0 saturated heterocycles. The highest BCUT2D eigenvalue weighted by atomic mass is 19.1. The molecule has 2 atom stereocenters. The lowest BCUT2D eigenvalue weighted by Gasteiger charge is -2.17. The van der Waals surface area contributed by atoms with Crippen molar-refractivity contribution in [3.05, 3.63) is 35.5 Å². The highest BCUT2D eigenvalue weighted by Gasteiger charge is 2.20. The van der Waals surface area contributed by atoms with Gasteiger partial charge in [0.1, 0.15) is 5.82 Å². The van der Waals surface area contributed by atoms with Crippen LogP contribution < -0.4 is 5.32 Å². The second-order valence-electron chi connectivity index (χ2n) is 5.50. The third-order valence-corrected chi connectivity index (χ3v) is 3.60. The average Bonchev–Trinajstić information content (AvgIpc) is 2.92. The Kier molecular flexibility index (Phi) is 5.07. The summed E-state index contributed by atoms with van der Waals surface area (Å²) in [7, 11) is 0. The second-order valence-corrected chi connectivity index (χ2v) is 5.50. The number of hydrogen-bond donors (Lipinski definition) is 1. The fraction of sp³-hybridized carbons (Fsp3) is 0.500. The molecule has 2 aromatic rings. The summed E-state index contributed by atoms with van der Waals surface area (Å²) in [4.78, 5) is 4.41. The van der Waals surface area contributed by atoms with E-state index in [4.69, 9.17) is 4.52 Å². The topological polar surface area (TPSA) is 51.0 Å². The van der Waals surface area contributed by atoms with E-state index in [1.54, 1.807) is 0 Å². The maximum Gasteiger partial charge on any atom is 0.231 e. The van der Waals surface area contributed by atoms with Crippen LogP contribution in [0, 0.1) is 12.7 Å². The van der Waals surface area contributed by atoms with Crippen LogP contribution in [0.5, 0.6) is 0 Å². The quantitative estimate of drug-likeness (QED) is 0.882. The largest absolute Gasteiger partial charge is 0.339 e. The van der Waals surface area contributed by atoms with Crippen LogP contribution in [0.4, 0.5) is 4.39 Å². The molecule has 0 bridgehead atoms. The standard InChI is InChI=1S/C16H22FN3O/c1-5-6-18-12(4)11(3)16-19-15(20-21-16)13-7-10(2)8-14(17)9-13/h7-9,11-12,18H,5-6H2,1-4H3. The van der Waals surface area contributed by atoms with E-state index in [0.29, 0.717) is 17.3 Å². The van der Waals surface area contributed by atoms with Crippen molar-refractivity contribution in [1.29, 1.82) is 0 Å². The minimum absolute atomic E-state index is 0.104. The fourth-order valence-electron chi connectivity index (χ4n) is 2.17. The van der Waals surface area contributed by atoms with Crippen molar-refractivity contribution in [1.82, 2.24) is 15.5 Å². The number of hydrogen-bond acceptors (Lipinski definition) is 4. The van der Waals surface area contributed by atoms with Gasteiger partial charge in [0.25, 0.3) is 0 Å². The first-order valence-corrected chi connectivity index (χ1v) is 7.35. The lowest BCUT2D eigenvalue weighted by Crippen LogP contribution is -2.31. The molecule has 1 aromatic carbocycles. The Labute approximate surface area is 124 Å². The first-order chi connectivity index (χ1) is 10.0. The van der Waals surface area contributed by atoms with Gasteiger partial charge < -0.3 is 9.84 Å². The van der Waals surface area contributed by atoms with Crippen molar-refractivity contribution >= 4 is 0 Å². The minimum Gasteiger partial charge on any atom is -0.339 e. The van der Waals surface area contributed by atoms with Crippen LogP contribution in [-0.4, -0.2) is 22.7 Å². The maximum atomic E-state index is 13.5. The lowest BCUT2D eigenvalue weighted by atomic mass is 10.0. The molecule has 0 amide bonds. The first kappa shape index (κ1) is 15.6. The minimum atomic E-state index is -0.289. The number of aromatic nitrogens is 2. The molecule has 2 unspecified atom stereocenters. The Hall–Kier alpha value is -1.75. The molecule has 0 radical (unpaired) electrons. The number of rotatable bonds is 6. The Morgan fingerprint density at radius 1 is 1.29 bits per heavy atom. The van der Waals surface area contributed by atoms with Gasteiger partial charge in [-0.25, -0.2) is 4.39 Å². The predicted molar refractivity (Wildman–Crippen MR) is 80.6 cm³/mol. The maximum absolute atomic E-state index is 13.5. The van der Waals surface area contributed by atoms with Gasteiger partial charge in [-0.2, -0.15) is 4.98 Å². The highest BCUT2D eigenvalue weighted by Crippen LogP contribution is 2.23. The highest BCUT2D eigenvalue weighted by molar-refractivity contribution is 5.55. The summed E-state index contributed by atoms with van der Waals surface area (Å²) in [6, 6.07) is 4.99. The summed E-state index contributed by atoms with van der Waals surface area (Å²) >= 11 is 0. The normalized spacial score (nSPS) is 14.1. The Balaban J connectivity index is 2.17. The van der Waals surface area contributed by atoms with Crippen molar-refractivity contribution < 1.29 is 8.91 Å². The zero-order valence-electron chi connectivity index (χ0n) is 13.0. The molecular weight excluding hydrogens is 269 g/mol. The molecule has 0 aliphatic carbocycles. The summed E-state index contributed by atoms with van der Waals surface area (Å²) in [5.74, 6) is 0.819. The molecular formula is C16H22FN3O. The van der Waals surface area contributed by atoms with Crippen molar-refractivity contribution in [3.8, 4) is 11.4 Å². The average molecular weight is 291 g/mol. The van der Waals surface area contributed by atoms with Gasteiger partial charge in [-0.15, -0.1) is 0 Å². The third-order valence-electron chi connectivity index (χ3n) is 3.60. The van der Waals surface area contributed by atoms with E-state index < -0.39 is 0 Å². The van der Waals surface area contributed by atoms with Crippen LogP contribution in [0.1, 0.15) is 44.6 Å². The third kappa shape index (κ3) is 3.88. The van der Waals surface area contributed by atoms with E-state index in [9.17, 15) is 4.39 Å². The summed E-state index contributed by atoms with van der Waals surface area (Å²) in [6.07, 6.45) is 1.08. The van der Waals surface area contributed by atoms with Crippen molar-refractivity contribution in [2.45, 2.75) is 46.1 Å². The van der Waals surface area contributed by atoms with Crippen molar-refractivity contribution in [2.75, 3.05) is 6.54 Å². The molecule has 114 valence electrons. The van der Waals surface area contributed by atoms with Crippen LogP contribution in [0.2, 0.25) is 0 Å². The molecule has 2 rings (SSSR count). The van der Waals surface area contributed by atoms with Gasteiger partial charge in [0.05, 0.1) is 5.92 Å². The van der Waals surface area contributed by atoms with Gasteiger partial charge >= 0.3 is 0 Å². The molecule has 0 saturated carbocycles. The van der Waals surface area contributed by atoms with Crippen LogP contribution in [-0.2, 0) is 0 Å². The van der Waals surface area contributed by atoms with Gasteiger partial charge in [-0.1, -0.05) is 19.0 Å². The number of aryl methyl sites for hydroxylation is 1. The molecule has 0 aliphatic heterocycles. The monoisotopic (exact) mass is 291 g/mol. The zero-order chi connectivity index (χ0) is 15.4. The van der Waals surface area contributed by atoms with Gasteiger partial charge in [-0.3, -0.25) is 0 Å². The molecule has 4 nitrogen and oxygen atoms in total. The summed E-state index contributed by atoms with van der Waals surface area (Å²) in [6.45, 7) is 9.06. The molecule has 0 aliphatic rings. The van der Waals surface area contributed by atoms with E-state index >= 15 is 0 Å². The van der Waals surface area contributed by atoms with E-state index in [2.05, 4.69) is 29.3 Å². The van der Waals surface area contributed by atoms with Crippen LogP contribution >= 0.6 is 0 Å². The smallest absolute Gasteiger partial charge is 0.231 e. The first-order valence-electron chi connectivity index (χ1n) is 7.35. The molecule has 1 N–H and O–H groups in total. The summed E-state index contributed by atoms with van der Waals surface area (Å²) < 4.78 is 18.8. The molecule has 5 heteroatoms. The molecule has 1 heterocycles. The molecule has 0 fully saturated rings. The van der Waals surface area contributed by atoms with Gasteiger partial charge in [0.2, 0.25) is 11.7 Å². The van der Waals surface area contributed by atoms with Gasteiger partial charge in [0.15, 0.2) is 0 Å². The van der Waals surface area contributed by atoms with Crippen LogP contribution in [0.25, 0.3) is 11.4 Å². The SMILES string of the molecule is CCCNC(C)C(C)c1nc(-c2cc(C)cc(F)c2)no1. The Bertz CT molecular complexity index is 577. The number of halogens is 1. The van der Waals surface area contributed by atoms with E-state index in [0.717, 1.165) is 18.5 Å². The number of nitrogens with one attached hydrogen (secondary N) is 1. The van der Waals surface area contributed by atoms with E-state index in [1.165, 1.54) is 12.1 Å². The number of benzene rings is 1. The van der Waals surface area contributed by atoms with Crippen molar-refractivity contribution in [3.63, 3.8) is 0 Å². The Morgan fingerprint density at radius 2 is 2.05 bits per heavy atom. The van der Waals surface area contributed by atoms with E-state index in [1.807, 2.05) is 19.9 Å². The molecule has 21 heavy (non-hydrogen) atoms. The molecule has 1 aromatic heterocycles. The summed E-state index contributed by atoms with van der Waals surface area (Å²) in [5.41, 5.74) is 1.48. The van der Waals surface area contributed by atoms with Gasteiger partial charge in [0, 0.05) is 11.6 Å². The van der Waals surface area contributed by atoms with E-state index in [-0.39, 0.29) is 17.8 Å². The number of nitrogens with zero attached hydrogens (tertiary/aromatic N) is 2. The molecule has 0 spiro atoms.